The molecule has 4 nitrogen and oxygen atoms in total. The molecule has 6 N–H and O–H groups in total. The predicted molar refractivity (Wildman–Crippen MR) is 78.5 cm³/mol. The summed E-state index contributed by atoms with van der Waals surface area (Å²) >= 11 is 0. The quantitative estimate of drug-likeness (QED) is 0.515. The third-order valence-electron chi connectivity index (χ3n) is 3.69. The van der Waals surface area contributed by atoms with Crippen molar-refractivity contribution in [3.63, 3.8) is 0 Å². The fourth-order valence-corrected chi connectivity index (χ4v) is 2.80. The summed E-state index contributed by atoms with van der Waals surface area (Å²) in [5.74, 6) is 1.67. The summed E-state index contributed by atoms with van der Waals surface area (Å²) in [5, 5.41) is 6.97. The van der Waals surface area contributed by atoms with Crippen LogP contribution in [0.3, 0.4) is 0 Å². The summed E-state index contributed by atoms with van der Waals surface area (Å²) < 4.78 is 0. The van der Waals surface area contributed by atoms with Crippen LogP contribution < -0.4 is 22.1 Å². The maximum Gasteiger partial charge on any atom is 0.0136 e. The van der Waals surface area contributed by atoms with E-state index in [0.29, 0.717) is 0 Å². The van der Waals surface area contributed by atoms with E-state index in [1.807, 2.05) is 0 Å². The van der Waals surface area contributed by atoms with E-state index < -0.39 is 0 Å². The van der Waals surface area contributed by atoms with E-state index in [4.69, 9.17) is 11.5 Å². The highest BCUT2D eigenvalue weighted by atomic mass is 14.9. The zero-order valence-corrected chi connectivity index (χ0v) is 12.1. The van der Waals surface area contributed by atoms with E-state index in [1.54, 1.807) is 0 Å². The number of nitrogens with two attached hydrogens (primary N) is 2. The molecule has 4 heteroatoms. The maximum atomic E-state index is 5.75. The highest BCUT2D eigenvalue weighted by molar-refractivity contribution is 4.77. The Hall–Kier alpha value is -0.160. The second-order valence-electron chi connectivity index (χ2n) is 6.17. The van der Waals surface area contributed by atoms with Crippen LogP contribution in [0.5, 0.6) is 0 Å². The van der Waals surface area contributed by atoms with Gasteiger partial charge in [0, 0.05) is 25.2 Å². The van der Waals surface area contributed by atoms with Gasteiger partial charge < -0.3 is 22.1 Å². The Kier molecular flexibility index (Phi) is 7.82. The first-order valence-electron chi connectivity index (χ1n) is 7.50. The van der Waals surface area contributed by atoms with Gasteiger partial charge in [0.05, 0.1) is 0 Å². The molecule has 1 rings (SSSR count). The highest BCUT2D eigenvalue weighted by Gasteiger charge is 2.21. The van der Waals surface area contributed by atoms with Crippen LogP contribution in [0.25, 0.3) is 0 Å². The molecule has 0 saturated heterocycles. The second kappa shape index (κ2) is 8.86. The van der Waals surface area contributed by atoms with Gasteiger partial charge in [0.15, 0.2) is 0 Å². The molecule has 0 radical (unpaired) electrons. The molecule has 0 amide bonds. The van der Waals surface area contributed by atoms with Gasteiger partial charge in [-0.05, 0) is 58.0 Å². The lowest BCUT2D eigenvalue weighted by molar-refractivity contribution is 0.252. The minimum absolute atomic E-state index is 0.261. The molecule has 0 heterocycles. The average Bonchev–Trinajstić information content (AvgIpc) is 2.28. The minimum Gasteiger partial charge on any atom is -0.327 e. The fourth-order valence-electron chi connectivity index (χ4n) is 2.80. The molecule has 0 bridgehead atoms. The third-order valence-corrected chi connectivity index (χ3v) is 3.69. The molecule has 1 aliphatic rings. The minimum atomic E-state index is 0.261. The van der Waals surface area contributed by atoms with E-state index in [9.17, 15) is 0 Å². The molecule has 0 aliphatic heterocycles. The molecule has 1 saturated carbocycles. The zero-order chi connectivity index (χ0) is 13.4. The van der Waals surface area contributed by atoms with Gasteiger partial charge >= 0.3 is 0 Å². The van der Waals surface area contributed by atoms with E-state index in [-0.39, 0.29) is 12.1 Å². The average molecular weight is 256 g/mol. The van der Waals surface area contributed by atoms with Crippen LogP contribution in [-0.4, -0.2) is 38.3 Å². The molecule has 4 unspecified atom stereocenters. The first-order chi connectivity index (χ1) is 8.58. The summed E-state index contributed by atoms with van der Waals surface area (Å²) in [4.78, 5) is 0. The number of rotatable bonds is 8. The number of nitrogens with one attached hydrogen (secondary N) is 2. The van der Waals surface area contributed by atoms with Crippen molar-refractivity contribution in [1.82, 2.24) is 10.6 Å². The van der Waals surface area contributed by atoms with Crippen LogP contribution in [0.1, 0.15) is 39.5 Å². The Morgan fingerprint density at radius 2 is 1.39 bits per heavy atom. The van der Waals surface area contributed by atoms with E-state index >= 15 is 0 Å². The summed E-state index contributed by atoms with van der Waals surface area (Å²) in [6.07, 6.45) is 5.46. The summed E-state index contributed by atoms with van der Waals surface area (Å²) in [6, 6.07) is 0.522. The second-order valence-corrected chi connectivity index (χ2v) is 6.17. The Labute approximate surface area is 112 Å². The fraction of sp³-hybridized carbons (Fsp3) is 1.00. The largest absolute Gasteiger partial charge is 0.327 e. The molecule has 0 aromatic heterocycles. The Balaban J connectivity index is 2.11. The first-order valence-corrected chi connectivity index (χ1v) is 7.50. The van der Waals surface area contributed by atoms with Gasteiger partial charge in [0.25, 0.3) is 0 Å². The standard InChI is InChI=1S/C14H32N4/c1-11(15)7-17-9-13-4-3-5-14(6-13)10-18-8-12(2)16/h11-14,17-18H,3-10,15-16H2,1-2H3. The topological polar surface area (TPSA) is 76.1 Å². The molecule has 1 aliphatic carbocycles. The van der Waals surface area contributed by atoms with Crippen molar-refractivity contribution in [2.75, 3.05) is 26.2 Å². The van der Waals surface area contributed by atoms with E-state index in [0.717, 1.165) is 38.0 Å². The van der Waals surface area contributed by atoms with Crippen LogP contribution in [0.15, 0.2) is 0 Å². The van der Waals surface area contributed by atoms with Crippen molar-refractivity contribution in [3.05, 3.63) is 0 Å². The van der Waals surface area contributed by atoms with Crippen molar-refractivity contribution >= 4 is 0 Å². The molecule has 0 aromatic rings. The lowest BCUT2D eigenvalue weighted by Crippen LogP contribution is -2.38. The molecule has 0 spiro atoms. The normalized spacial score (nSPS) is 28.0. The Morgan fingerprint density at radius 1 is 0.944 bits per heavy atom. The van der Waals surface area contributed by atoms with Gasteiger partial charge in [0.1, 0.15) is 0 Å². The molecule has 108 valence electrons. The van der Waals surface area contributed by atoms with Crippen molar-refractivity contribution in [2.45, 2.75) is 51.6 Å². The molecule has 18 heavy (non-hydrogen) atoms. The summed E-state index contributed by atoms with van der Waals surface area (Å²) in [5.41, 5.74) is 11.5. The lowest BCUT2D eigenvalue weighted by Gasteiger charge is -2.30. The Bertz CT molecular complexity index is 186. The van der Waals surface area contributed by atoms with Gasteiger partial charge in [-0.25, -0.2) is 0 Å². The van der Waals surface area contributed by atoms with Crippen LogP contribution >= 0.6 is 0 Å². The maximum absolute atomic E-state index is 5.75. The van der Waals surface area contributed by atoms with Gasteiger partial charge in [-0.1, -0.05) is 6.42 Å². The summed E-state index contributed by atoms with van der Waals surface area (Å²) in [7, 11) is 0. The van der Waals surface area contributed by atoms with Crippen LogP contribution in [0.2, 0.25) is 0 Å². The lowest BCUT2D eigenvalue weighted by atomic mass is 9.81. The smallest absolute Gasteiger partial charge is 0.0136 e. The van der Waals surface area contributed by atoms with Gasteiger partial charge in [0.2, 0.25) is 0 Å². The van der Waals surface area contributed by atoms with E-state index in [2.05, 4.69) is 24.5 Å². The van der Waals surface area contributed by atoms with E-state index in [1.165, 1.54) is 25.7 Å². The van der Waals surface area contributed by atoms with Crippen molar-refractivity contribution in [2.24, 2.45) is 23.3 Å². The van der Waals surface area contributed by atoms with Gasteiger partial charge in [-0.2, -0.15) is 0 Å². The van der Waals surface area contributed by atoms with Crippen molar-refractivity contribution in [3.8, 4) is 0 Å². The number of hydrogen-bond acceptors (Lipinski definition) is 4. The van der Waals surface area contributed by atoms with Crippen LogP contribution in [0, 0.1) is 11.8 Å². The van der Waals surface area contributed by atoms with Crippen molar-refractivity contribution in [1.29, 1.82) is 0 Å². The number of hydrogen-bond donors (Lipinski definition) is 4. The van der Waals surface area contributed by atoms with Gasteiger partial charge in [-0.15, -0.1) is 0 Å². The monoisotopic (exact) mass is 256 g/mol. The van der Waals surface area contributed by atoms with Crippen LogP contribution in [0.4, 0.5) is 0 Å². The first kappa shape index (κ1) is 15.9. The highest BCUT2D eigenvalue weighted by Crippen LogP contribution is 2.28. The Morgan fingerprint density at radius 3 is 1.78 bits per heavy atom. The van der Waals surface area contributed by atoms with Crippen LogP contribution in [-0.2, 0) is 0 Å². The molecule has 4 atom stereocenters. The SMILES string of the molecule is CC(N)CNCC1CCCC(CNCC(C)N)C1. The molecule has 1 fully saturated rings. The van der Waals surface area contributed by atoms with Gasteiger partial charge in [-0.3, -0.25) is 0 Å². The van der Waals surface area contributed by atoms with Crippen molar-refractivity contribution < 1.29 is 0 Å². The molecular formula is C14H32N4. The molecular weight excluding hydrogens is 224 g/mol. The molecule has 0 aromatic carbocycles. The zero-order valence-electron chi connectivity index (χ0n) is 12.1. The predicted octanol–water partition coefficient (Wildman–Crippen LogP) is 0.666. The summed E-state index contributed by atoms with van der Waals surface area (Å²) in [6.45, 7) is 8.23. The third kappa shape index (κ3) is 7.31.